The minimum atomic E-state index is -0.754. The Hall–Kier alpha value is -4.06. The van der Waals surface area contributed by atoms with E-state index in [9.17, 15) is 19.2 Å². The number of carbonyl (C=O) groups is 3. The molecule has 3 amide bonds. The fraction of sp³-hybridized carbons (Fsp3) is 0.172. The molecule has 12 heteroatoms. The largest absolute Gasteiger partial charge is 0.493 e. The van der Waals surface area contributed by atoms with E-state index in [4.69, 9.17) is 21.1 Å². The van der Waals surface area contributed by atoms with Gasteiger partial charge in [0.15, 0.2) is 18.1 Å². The number of amides is 3. The summed E-state index contributed by atoms with van der Waals surface area (Å²) in [5.41, 5.74) is 1.76. The number of para-hydroxylation sites is 1. The van der Waals surface area contributed by atoms with Crippen molar-refractivity contribution in [1.82, 2.24) is 4.98 Å². The predicted molar refractivity (Wildman–Crippen MR) is 157 cm³/mol. The summed E-state index contributed by atoms with van der Waals surface area (Å²) in [5.74, 6) is -1.71. The third-order valence-electron chi connectivity index (χ3n) is 6.87. The van der Waals surface area contributed by atoms with Crippen LogP contribution in [0, 0.1) is 5.92 Å². The lowest BCUT2D eigenvalue weighted by molar-refractivity contribution is -0.122. The van der Waals surface area contributed by atoms with Crippen molar-refractivity contribution in [2.24, 2.45) is 5.92 Å². The van der Waals surface area contributed by atoms with E-state index in [1.54, 1.807) is 54.6 Å². The van der Waals surface area contributed by atoms with Gasteiger partial charge in [-0.25, -0.2) is 4.90 Å². The zero-order chi connectivity index (χ0) is 28.7. The number of nitrogens with one attached hydrogen (secondary N) is 2. The Labute approximate surface area is 247 Å². The first-order valence-electron chi connectivity index (χ1n) is 12.5. The lowest BCUT2D eigenvalue weighted by Crippen LogP contribution is -2.32. The zero-order valence-electron chi connectivity index (χ0n) is 21.5. The monoisotopic (exact) mass is 607 g/mol. The second kappa shape index (κ2) is 11.1. The van der Waals surface area contributed by atoms with Gasteiger partial charge in [0, 0.05) is 21.5 Å². The second-order valence-electron chi connectivity index (χ2n) is 9.35. The first kappa shape index (κ1) is 27.1. The standard InChI is InChI=1S/C29H22ClN3O6S2/c1-38-20-13-15(7-12-19(20)39-14-21(34)31-17-5-3-2-4-6-17)22-23-25(40-26-24(22)41-29(37)32-26)28(36)33(27(23)35)18-10-8-16(30)9-11-18/h2-13,22-23,25H,14H2,1H3,(H,31,34)(H,32,37)/t22-,23-,25+/m0/s1. The Kier molecular flexibility index (Phi) is 7.33. The molecule has 3 aromatic carbocycles. The summed E-state index contributed by atoms with van der Waals surface area (Å²) in [5, 5.41) is 3.09. The van der Waals surface area contributed by atoms with E-state index in [-0.39, 0.29) is 29.2 Å². The van der Waals surface area contributed by atoms with Gasteiger partial charge in [-0.3, -0.25) is 19.2 Å². The number of H-pyrrole nitrogens is 1. The first-order chi connectivity index (χ1) is 19.8. The number of anilines is 2. The lowest BCUT2D eigenvalue weighted by Gasteiger charge is -2.30. The van der Waals surface area contributed by atoms with Crippen LogP contribution in [0.1, 0.15) is 16.4 Å². The fourth-order valence-corrected chi connectivity index (χ4v) is 7.72. The molecule has 2 aliphatic heterocycles. The molecule has 0 unspecified atom stereocenters. The lowest BCUT2D eigenvalue weighted by atomic mass is 9.83. The minimum absolute atomic E-state index is 0.248. The van der Waals surface area contributed by atoms with E-state index in [1.807, 2.05) is 18.2 Å². The first-order valence-corrected chi connectivity index (χ1v) is 14.6. The number of aromatic nitrogens is 1. The number of carbonyl (C=O) groups excluding carboxylic acids is 3. The van der Waals surface area contributed by atoms with Crippen LogP contribution in [-0.4, -0.2) is 41.7 Å². The summed E-state index contributed by atoms with van der Waals surface area (Å²) < 4.78 is 11.3. The van der Waals surface area contributed by atoms with Crippen molar-refractivity contribution in [3.8, 4) is 11.5 Å². The minimum Gasteiger partial charge on any atom is -0.493 e. The number of hydrogen-bond donors (Lipinski definition) is 2. The molecular formula is C29H22ClN3O6S2. The average molecular weight is 608 g/mol. The highest BCUT2D eigenvalue weighted by Gasteiger charge is 2.56. The highest BCUT2D eigenvalue weighted by molar-refractivity contribution is 8.00. The number of hydrogen-bond acceptors (Lipinski definition) is 8. The van der Waals surface area contributed by atoms with Gasteiger partial charge in [0.1, 0.15) is 5.25 Å². The van der Waals surface area contributed by atoms with Crippen LogP contribution in [0.4, 0.5) is 11.4 Å². The highest BCUT2D eigenvalue weighted by atomic mass is 35.5. The quantitative estimate of drug-likeness (QED) is 0.287. The topological polar surface area (TPSA) is 118 Å². The molecule has 6 rings (SSSR count). The van der Waals surface area contributed by atoms with Crippen molar-refractivity contribution < 1.29 is 23.9 Å². The number of imide groups is 1. The van der Waals surface area contributed by atoms with Gasteiger partial charge >= 0.3 is 4.87 Å². The Morgan fingerprint density at radius 1 is 1.00 bits per heavy atom. The molecule has 1 aromatic heterocycles. The number of fused-ring (bicyclic) bond motifs is 2. The molecule has 4 aromatic rings. The van der Waals surface area contributed by atoms with Crippen LogP contribution >= 0.6 is 34.7 Å². The van der Waals surface area contributed by atoms with Gasteiger partial charge in [-0.05, 0) is 54.1 Å². The molecule has 1 saturated heterocycles. The predicted octanol–water partition coefficient (Wildman–Crippen LogP) is 4.91. The molecule has 1 fully saturated rings. The third kappa shape index (κ3) is 5.12. The summed E-state index contributed by atoms with van der Waals surface area (Å²) in [6.07, 6.45) is 0. The van der Waals surface area contributed by atoms with Crippen LogP contribution in [-0.2, 0) is 14.4 Å². The molecule has 3 atom stereocenters. The maximum absolute atomic E-state index is 13.9. The summed E-state index contributed by atoms with van der Waals surface area (Å²) in [7, 11) is 1.47. The highest BCUT2D eigenvalue weighted by Crippen LogP contribution is 2.53. The van der Waals surface area contributed by atoms with Crippen molar-refractivity contribution in [1.29, 1.82) is 0 Å². The number of aromatic amines is 1. The van der Waals surface area contributed by atoms with Gasteiger partial charge in [-0.1, -0.05) is 59.0 Å². The Balaban J connectivity index is 1.31. The van der Waals surface area contributed by atoms with Crippen LogP contribution in [0.15, 0.2) is 82.6 Å². The van der Waals surface area contributed by atoms with Gasteiger partial charge in [0.25, 0.3) is 5.91 Å². The number of halogens is 1. The number of methoxy groups -OCH3 is 1. The van der Waals surface area contributed by atoms with E-state index >= 15 is 0 Å². The molecule has 41 heavy (non-hydrogen) atoms. The number of rotatable bonds is 7. The number of nitrogens with zero attached hydrogens (tertiary/aromatic N) is 1. The van der Waals surface area contributed by atoms with Gasteiger partial charge in [-0.15, -0.1) is 0 Å². The van der Waals surface area contributed by atoms with Crippen molar-refractivity contribution in [3.05, 3.63) is 97.9 Å². The van der Waals surface area contributed by atoms with Crippen molar-refractivity contribution in [2.45, 2.75) is 16.2 Å². The number of thiazole rings is 1. The van der Waals surface area contributed by atoms with Crippen LogP contribution < -0.4 is 24.6 Å². The van der Waals surface area contributed by atoms with Crippen LogP contribution in [0.2, 0.25) is 5.02 Å². The Morgan fingerprint density at radius 2 is 1.76 bits per heavy atom. The van der Waals surface area contributed by atoms with E-state index < -0.39 is 17.1 Å². The molecular weight excluding hydrogens is 586 g/mol. The van der Waals surface area contributed by atoms with Crippen molar-refractivity contribution in [2.75, 3.05) is 23.9 Å². The molecule has 0 spiro atoms. The Bertz CT molecular complexity index is 1710. The second-order valence-corrected chi connectivity index (χ2v) is 12.0. The fourth-order valence-electron chi connectivity index (χ4n) is 5.08. The zero-order valence-corrected chi connectivity index (χ0v) is 23.8. The summed E-state index contributed by atoms with van der Waals surface area (Å²) in [6, 6.07) is 20.7. The number of benzene rings is 3. The molecule has 208 valence electrons. The van der Waals surface area contributed by atoms with Crippen molar-refractivity contribution >= 4 is 63.8 Å². The van der Waals surface area contributed by atoms with E-state index in [1.165, 1.54) is 23.8 Å². The molecule has 2 N–H and O–H groups in total. The summed E-state index contributed by atoms with van der Waals surface area (Å²) in [4.78, 5) is 56.6. The van der Waals surface area contributed by atoms with Gasteiger partial charge in [0.05, 0.1) is 23.7 Å². The number of ether oxygens (including phenoxy) is 2. The maximum Gasteiger partial charge on any atom is 0.305 e. The van der Waals surface area contributed by atoms with Crippen molar-refractivity contribution in [3.63, 3.8) is 0 Å². The SMILES string of the molecule is COc1cc([C@@H]2c3sc(=O)[nH]c3S[C@H]3C(=O)N(c4ccc(Cl)cc4)C(=O)[C@@H]23)ccc1OCC(=O)Nc1ccccc1. The van der Waals surface area contributed by atoms with Gasteiger partial charge in [0.2, 0.25) is 11.8 Å². The summed E-state index contributed by atoms with van der Waals surface area (Å²) in [6.45, 7) is -0.248. The molecule has 9 nitrogen and oxygen atoms in total. The maximum atomic E-state index is 13.9. The molecule has 0 aliphatic carbocycles. The normalized spacial score (nSPS) is 19.5. The molecule has 2 aliphatic rings. The summed E-state index contributed by atoms with van der Waals surface area (Å²) >= 11 is 8.25. The van der Waals surface area contributed by atoms with Gasteiger partial charge < -0.3 is 19.8 Å². The van der Waals surface area contributed by atoms with E-state index in [2.05, 4.69) is 10.3 Å². The molecule has 0 saturated carbocycles. The van der Waals surface area contributed by atoms with Gasteiger partial charge in [-0.2, -0.15) is 0 Å². The number of thioether (sulfide) groups is 1. The molecule has 0 bridgehead atoms. The smallest absolute Gasteiger partial charge is 0.305 e. The average Bonchev–Trinajstić information content (AvgIpc) is 3.47. The van der Waals surface area contributed by atoms with Crippen LogP contribution in [0.25, 0.3) is 0 Å². The molecule has 0 radical (unpaired) electrons. The molecule has 3 heterocycles. The van der Waals surface area contributed by atoms with E-state index in [0.29, 0.717) is 43.4 Å². The van der Waals surface area contributed by atoms with E-state index in [0.717, 1.165) is 11.3 Å². The Morgan fingerprint density at radius 3 is 2.49 bits per heavy atom. The third-order valence-corrected chi connectivity index (χ3v) is 9.52. The van der Waals surface area contributed by atoms with Crippen LogP contribution in [0.3, 0.4) is 0 Å². The van der Waals surface area contributed by atoms with Crippen LogP contribution in [0.5, 0.6) is 11.5 Å².